The van der Waals surface area contributed by atoms with E-state index in [2.05, 4.69) is 15.4 Å². The molecule has 0 unspecified atom stereocenters. The van der Waals surface area contributed by atoms with Gasteiger partial charge in [0.25, 0.3) is 0 Å². The normalized spacial score (nSPS) is 11.0. The predicted octanol–water partition coefficient (Wildman–Crippen LogP) is 5.51. The summed E-state index contributed by atoms with van der Waals surface area (Å²) >= 11 is 0. The molecule has 0 saturated heterocycles. The Bertz CT molecular complexity index is 897. The molecule has 2 aromatic heterocycles. The second-order valence-corrected chi connectivity index (χ2v) is 5.56. The fourth-order valence-corrected chi connectivity index (χ4v) is 2.39. The van der Waals surface area contributed by atoms with E-state index in [-0.39, 0.29) is 12.1 Å². The van der Waals surface area contributed by atoms with Crippen LogP contribution >= 0.6 is 0 Å². The number of rotatable bonds is 4. The first-order valence-corrected chi connectivity index (χ1v) is 8.52. The number of aryl methyl sites for hydroxylation is 1. The Morgan fingerprint density at radius 3 is 2.07 bits per heavy atom. The molecule has 0 radical (unpaired) electrons. The van der Waals surface area contributed by atoms with E-state index >= 15 is 0 Å². The Balaban J connectivity index is 0.00000136. The van der Waals surface area contributed by atoms with Gasteiger partial charge in [-0.05, 0) is 37.3 Å². The van der Waals surface area contributed by atoms with Crippen molar-refractivity contribution in [3.63, 3.8) is 0 Å². The molecule has 28 heavy (non-hydrogen) atoms. The van der Waals surface area contributed by atoms with E-state index in [1.54, 1.807) is 24.3 Å². The van der Waals surface area contributed by atoms with Crippen LogP contribution in [-0.4, -0.2) is 14.8 Å². The summed E-state index contributed by atoms with van der Waals surface area (Å²) in [5.74, 6) is -1.53. The lowest BCUT2D eigenvalue weighted by Gasteiger charge is -2.10. The number of benzene rings is 1. The fourth-order valence-electron chi connectivity index (χ4n) is 2.39. The van der Waals surface area contributed by atoms with Gasteiger partial charge >= 0.3 is 6.18 Å². The summed E-state index contributed by atoms with van der Waals surface area (Å²) < 4.78 is 66.5. The molecule has 1 aromatic carbocycles. The van der Waals surface area contributed by atoms with E-state index in [9.17, 15) is 22.0 Å². The van der Waals surface area contributed by atoms with Crippen LogP contribution in [0.25, 0.3) is 5.69 Å². The molecule has 0 aliphatic rings. The molecule has 0 aliphatic carbocycles. The molecule has 4 nitrogen and oxygen atoms in total. The number of aromatic nitrogens is 3. The van der Waals surface area contributed by atoms with Crippen molar-refractivity contribution in [2.24, 2.45) is 0 Å². The molecule has 0 atom stereocenters. The zero-order valence-corrected chi connectivity index (χ0v) is 15.5. The summed E-state index contributed by atoms with van der Waals surface area (Å²) in [7, 11) is 0. The molecule has 0 saturated carbocycles. The van der Waals surface area contributed by atoms with Gasteiger partial charge in [0, 0.05) is 23.5 Å². The Labute approximate surface area is 159 Å². The van der Waals surface area contributed by atoms with Crippen LogP contribution in [0.15, 0.2) is 42.7 Å². The van der Waals surface area contributed by atoms with Gasteiger partial charge in [-0.1, -0.05) is 13.8 Å². The van der Waals surface area contributed by atoms with Crippen molar-refractivity contribution in [2.45, 2.75) is 33.5 Å². The lowest BCUT2D eigenvalue weighted by Crippen LogP contribution is -2.08. The Kier molecular flexibility index (Phi) is 6.71. The second-order valence-electron chi connectivity index (χ2n) is 5.56. The zero-order valence-electron chi connectivity index (χ0n) is 15.5. The molecule has 3 aromatic rings. The van der Waals surface area contributed by atoms with Crippen molar-refractivity contribution >= 4 is 5.69 Å². The largest absolute Gasteiger partial charge is 0.435 e. The van der Waals surface area contributed by atoms with Gasteiger partial charge in [-0.25, -0.2) is 13.5 Å². The molecule has 3 rings (SSSR count). The van der Waals surface area contributed by atoms with Gasteiger partial charge in [0.1, 0.15) is 11.6 Å². The van der Waals surface area contributed by atoms with Crippen LogP contribution in [-0.2, 0) is 12.7 Å². The number of halogens is 5. The van der Waals surface area contributed by atoms with E-state index < -0.39 is 23.5 Å². The van der Waals surface area contributed by atoms with Gasteiger partial charge in [0.05, 0.1) is 18.1 Å². The molecule has 0 spiro atoms. The van der Waals surface area contributed by atoms with Gasteiger partial charge in [-0.2, -0.15) is 18.3 Å². The van der Waals surface area contributed by atoms with Gasteiger partial charge in [-0.15, -0.1) is 0 Å². The number of alkyl halides is 3. The molecule has 0 amide bonds. The summed E-state index contributed by atoms with van der Waals surface area (Å²) in [6.07, 6.45) is -2.68. The molecule has 2 heterocycles. The summed E-state index contributed by atoms with van der Waals surface area (Å²) in [6.45, 7) is 5.42. The first kappa shape index (κ1) is 21.3. The van der Waals surface area contributed by atoms with E-state index in [4.69, 9.17) is 0 Å². The number of hydrogen-bond donors (Lipinski definition) is 1. The Morgan fingerprint density at radius 2 is 1.57 bits per heavy atom. The van der Waals surface area contributed by atoms with Crippen LogP contribution in [0.3, 0.4) is 0 Å². The van der Waals surface area contributed by atoms with Crippen molar-refractivity contribution in [1.29, 1.82) is 0 Å². The Morgan fingerprint density at radius 1 is 1.00 bits per heavy atom. The first-order valence-electron chi connectivity index (χ1n) is 8.52. The van der Waals surface area contributed by atoms with E-state index in [0.29, 0.717) is 17.1 Å². The minimum absolute atomic E-state index is 0.0987. The predicted molar refractivity (Wildman–Crippen MR) is 96.1 cm³/mol. The summed E-state index contributed by atoms with van der Waals surface area (Å²) in [5, 5.41) is 6.41. The first-order chi connectivity index (χ1) is 13.3. The highest BCUT2D eigenvalue weighted by Gasteiger charge is 2.34. The minimum Gasteiger partial charge on any atom is -0.381 e. The van der Waals surface area contributed by atoms with Gasteiger partial charge in [0.2, 0.25) is 0 Å². The van der Waals surface area contributed by atoms with Crippen molar-refractivity contribution in [3.05, 3.63) is 71.3 Å². The lowest BCUT2D eigenvalue weighted by molar-refractivity contribution is -0.141. The maximum Gasteiger partial charge on any atom is 0.435 e. The number of hydrogen-bond acceptors (Lipinski definition) is 3. The van der Waals surface area contributed by atoms with Gasteiger partial charge < -0.3 is 5.32 Å². The average Bonchev–Trinajstić information content (AvgIpc) is 3.06. The van der Waals surface area contributed by atoms with Gasteiger partial charge in [-0.3, -0.25) is 4.98 Å². The quantitative estimate of drug-likeness (QED) is 0.589. The highest BCUT2D eigenvalue weighted by molar-refractivity contribution is 5.49. The van der Waals surface area contributed by atoms with Gasteiger partial charge in [0.15, 0.2) is 5.69 Å². The third kappa shape index (κ3) is 4.85. The van der Waals surface area contributed by atoms with Crippen molar-refractivity contribution in [2.75, 3.05) is 5.32 Å². The summed E-state index contributed by atoms with van der Waals surface area (Å²) in [4.78, 5) is 3.40. The van der Waals surface area contributed by atoms with Crippen molar-refractivity contribution < 1.29 is 22.0 Å². The van der Waals surface area contributed by atoms with E-state index in [0.717, 1.165) is 18.5 Å². The topological polar surface area (TPSA) is 42.7 Å². The Hall–Kier alpha value is -2.97. The van der Waals surface area contributed by atoms with Crippen LogP contribution in [0.2, 0.25) is 0 Å². The molecular formula is C19H19F5N4. The zero-order chi connectivity index (χ0) is 20.9. The maximum absolute atomic E-state index is 13.5. The second kappa shape index (κ2) is 8.81. The summed E-state index contributed by atoms with van der Waals surface area (Å²) in [6, 6.07) is 7.24. The molecule has 0 bridgehead atoms. The number of nitrogens with zero attached hydrogens (tertiary/aromatic N) is 3. The number of anilines is 1. The number of nitrogens with one attached hydrogen (secondary N) is 1. The smallest absolute Gasteiger partial charge is 0.381 e. The molecule has 0 fully saturated rings. The maximum atomic E-state index is 13.5. The van der Waals surface area contributed by atoms with Crippen LogP contribution in [0.5, 0.6) is 0 Å². The van der Waals surface area contributed by atoms with Crippen molar-refractivity contribution in [1.82, 2.24) is 14.8 Å². The van der Waals surface area contributed by atoms with Crippen LogP contribution in [0, 0.1) is 18.6 Å². The standard InChI is InChI=1S/C17H13F5N4.C2H6/c1-10-6-16(17(20,21)22)25-26(10)12-4-2-11(3-5-12)24-7-13-14(18)8-23-9-15(13)19;1-2/h2-6,8-9,24H,7H2,1H3;1-2H3. The molecule has 1 N–H and O–H groups in total. The van der Waals surface area contributed by atoms with Crippen molar-refractivity contribution in [3.8, 4) is 5.69 Å². The molecule has 150 valence electrons. The third-order valence-corrected chi connectivity index (χ3v) is 3.71. The highest BCUT2D eigenvalue weighted by Crippen LogP contribution is 2.29. The molecule has 9 heteroatoms. The van der Waals surface area contributed by atoms with Crippen LogP contribution < -0.4 is 5.32 Å². The molecule has 0 aliphatic heterocycles. The SMILES string of the molecule is CC.Cc1cc(C(F)(F)F)nn1-c1ccc(NCc2c(F)cncc2F)cc1. The minimum atomic E-state index is -4.52. The summed E-state index contributed by atoms with van der Waals surface area (Å²) in [5.41, 5.74) is 0.191. The molecular weight excluding hydrogens is 379 g/mol. The number of pyridine rings is 1. The monoisotopic (exact) mass is 398 g/mol. The lowest BCUT2D eigenvalue weighted by atomic mass is 10.2. The van der Waals surface area contributed by atoms with E-state index in [1.807, 2.05) is 13.8 Å². The van der Waals surface area contributed by atoms with E-state index in [1.165, 1.54) is 11.6 Å². The van der Waals surface area contributed by atoms with Crippen LogP contribution in [0.4, 0.5) is 27.6 Å². The average molecular weight is 398 g/mol. The highest BCUT2D eigenvalue weighted by atomic mass is 19.4. The third-order valence-electron chi connectivity index (χ3n) is 3.71. The fraction of sp³-hybridized carbons (Fsp3) is 0.263. The van der Waals surface area contributed by atoms with Crippen LogP contribution in [0.1, 0.15) is 30.8 Å².